The molecule has 35 nitrogen and oxygen atoms in total. The van der Waals surface area contributed by atoms with Crippen LogP contribution in [0, 0.1) is 27.7 Å². The number of amides is 12. The Morgan fingerprint density at radius 3 is 1.14 bits per heavy atom. The van der Waals surface area contributed by atoms with Crippen molar-refractivity contribution >= 4 is 112 Å². The Morgan fingerprint density at radius 2 is 0.783 bits per heavy atom. The number of aliphatic hydroxyl groups excluding tert-OH is 1. The van der Waals surface area contributed by atoms with E-state index in [1.165, 1.54) is 28.9 Å². The highest BCUT2D eigenvalue weighted by molar-refractivity contribution is 6.06. The SMILES string of the molecule is C=CCOC(=O)N[C@@H](Cc1ccccc1)C(=O)N[C@@H](CCCCNC(=O)OC(C)(C)C)C(=O)Nc1ccc(COC(=O)Nc2cc(C)c(C)cc2C(=O)N2C=C(c3ccc(OC)cc3)C[C@H]2CO)cc1.C=CCOC(=O)N[C@@H](Cc1ccccc1)C(=O)N[C@@H](CCCCNC(=O)OC(C)(C)C)C(=O)Nc1ccc(COC(=O)Nc2cc(C)c(C)cc2C(=O)N2C=C(c3ccc(OC)cc3)C[C@H]2COC(C)=O)cc1. The number of anilines is 4. The average Bonchev–Trinajstić information content (AvgIpc) is 1.67. The number of carbonyl (C=O) groups excluding carboxylic acids is 13. The lowest BCUT2D eigenvalue weighted by Gasteiger charge is -2.25. The molecule has 35 heteroatoms. The third-order valence-electron chi connectivity index (χ3n) is 22.6. The van der Waals surface area contributed by atoms with E-state index in [1.54, 1.807) is 153 Å². The summed E-state index contributed by atoms with van der Waals surface area (Å²) in [6, 6.07) is 47.5. The van der Waals surface area contributed by atoms with Gasteiger partial charge in [-0.15, -0.1) is 0 Å². The highest BCUT2D eigenvalue weighted by Gasteiger charge is 2.37. The predicted octanol–water partition coefficient (Wildman–Crippen LogP) is 16.5. The average molecular weight is 1960 g/mol. The molecule has 8 aromatic rings. The molecule has 0 saturated heterocycles. The number of aliphatic hydroxyl groups is 1. The Bertz CT molecular complexity index is 5810. The summed E-state index contributed by atoms with van der Waals surface area (Å²) in [6.07, 6.45) is 5.02. The van der Waals surface area contributed by atoms with Crippen LogP contribution in [0.3, 0.4) is 0 Å². The number of methoxy groups -OCH3 is 2. The van der Waals surface area contributed by atoms with Gasteiger partial charge in [0.25, 0.3) is 11.8 Å². The van der Waals surface area contributed by atoms with Gasteiger partial charge < -0.3 is 100 Å². The number of rotatable bonds is 43. The summed E-state index contributed by atoms with van der Waals surface area (Å²) >= 11 is 0. The zero-order valence-electron chi connectivity index (χ0n) is 83.1. The lowest BCUT2D eigenvalue weighted by molar-refractivity contribution is -0.142. The van der Waals surface area contributed by atoms with Crippen molar-refractivity contribution in [3.05, 3.63) is 286 Å². The number of benzene rings is 8. The maximum atomic E-state index is 14.4. The summed E-state index contributed by atoms with van der Waals surface area (Å²) in [4.78, 5) is 175. The molecule has 0 aliphatic carbocycles. The van der Waals surface area contributed by atoms with E-state index < -0.39 is 125 Å². The minimum Gasteiger partial charge on any atom is -0.497 e. The summed E-state index contributed by atoms with van der Waals surface area (Å²) in [5.74, 6) is -2.22. The summed E-state index contributed by atoms with van der Waals surface area (Å²) in [6.45, 7) is 26.2. The van der Waals surface area contributed by atoms with Crippen LogP contribution in [0.1, 0.15) is 176 Å². The molecule has 8 aromatic carbocycles. The Morgan fingerprint density at radius 1 is 0.413 bits per heavy atom. The lowest BCUT2D eigenvalue weighted by atomic mass is 10.0. The van der Waals surface area contributed by atoms with E-state index >= 15 is 0 Å². The molecule has 12 amide bonds. The van der Waals surface area contributed by atoms with Crippen LogP contribution in [0.4, 0.5) is 51.5 Å². The van der Waals surface area contributed by atoms with E-state index in [4.69, 9.17) is 42.6 Å². The Balaban J connectivity index is 0.000000319. The molecular formula is C108H130N12O23. The largest absolute Gasteiger partial charge is 0.497 e. The summed E-state index contributed by atoms with van der Waals surface area (Å²) in [7, 11) is 3.16. The number of nitrogens with one attached hydrogen (secondary N) is 10. The van der Waals surface area contributed by atoms with E-state index in [0.29, 0.717) is 72.5 Å². The topological polar surface area (TPSA) is 452 Å². The summed E-state index contributed by atoms with van der Waals surface area (Å²) in [5, 5.41) is 37.6. The van der Waals surface area contributed by atoms with Gasteiger partial charge in [-0.05, 0) is 260 Å². The van der Waals surface area contributed by atoms with E-state index in [2.05, 4.69) is 66.3 Å². The Hall–Kier alpha value is -15.8. The van der Waals surface area contributed by atoms with Gasteiger partial charge in [0.1, 0.15) is 79.9 Å². The van der Waals surface area contributed by atoms with Crippen molar-refractivity contribution in [2.24, 2.45) is 0 Å². The van der Waals surface area contributed by atoms with Crippen LogP contribution in [-0.4, -0.2) is 194 Å². The number of aryl methyl sites for hydroxylation is 4. The second-order valence-electron chi connectivity index (χ2n) is 36.1. The smallest absolute Gasteiger partial charge is 0.411 e. The number of unbranched alkanes of at least 4 members (excludes halogenated alkanes) is 2. The van der Waals surface area contributed by atoms with Crippen LogP contribution in [-0.2, 0) is 83.2 Å². The molecule has 0 spiro atoms. The van der Waals surface area contributed by atoms with Gasteiger partial charge in [0.2, 0.25) is 23.6 Å². The van der Waals surface area contributed by atoms with Gasteiger partial charge >= 0.3 is 42.5 Å². The first-order valence-corrected chi connectivity index (χ1v) is 47.0. The van der Waals surface area contributed by atoms with Crippen molar-refractivity contribution in [2.75, 3.05) is 75.0 Å². The molecule has 0 saturated carbocycles. The molecule has 0 aromatic heterocycles. The lowest BCUT2D eigenvalue weighted by Crippen LogP contribution is -2.53. The van der Waals surface area contributed by atoms with E-state index in [-0.39, 0.29) is 101 Å². The van der Waals surface area contributed by atoms with Crippen molar-refractivity contribution < 1.29 is 110 Å². The van der Waals surface area contributed by atoms with Gasteiger partial charge in [0.05, 0.1) is 55.4 Å². The maximum absolute atomic E-state index is 14.4. The molecule has 760 valence electrons. The van der Waals surface area contributed by atoms with Crippen LogP contribution in [0.25, 0.3) is 11.1 Å². The van der Waals surface area contributed by atoms with Gasteiger partial charge in [0.15, 0.2) is 0 Å². The van der Waals surface area contributed by atoms with E-state index in [0.717, 1.165) is 55.7 Å². The number of hydrogen-bond acceptors (Lipinski definition) is 23. The summed E-state index contributed by atoms with van der Waals surface area (Å²) in [5.41, 5.74) is 9.81. The van der Waals surface area contributed by atoms with Crippen LogP contribution in [0.2, 0.25) is 0 Å². The number of hydrogen-bond donors (Lipinski definition) is 11. The quantitative estimate of drug-likeness (QED) is 0.00732. The van der Waals surface area contributed by atoms with Crippen molar-refractivity contribution in [3.63, 3.8) is 0 Å². The van der Waals surface area contributed by atoms with E-state index in [9.17, 15) is 67.4 Å². The Kier molecular flexibility index (Phi) is 42.4. The molecule has 0 fully saturated rings. The molecule has 10 rings (SSSR count). The number of nitrogens with zero attached hydrogens (tertiary/aromatic N) is 2. The highest BCUT2D eigenvalue weighted by Crippen LogP contribution is 2.37. The van der Waals surface area contributed by atoms with Crippen LogP contribution < -0.4 is 62.6 Å². The van der Waals surface area contributed by atoms with Crippen LogP contribution in [0.15, 0.2) is 220 Å². The molecule has 2 aliphatic heterocycles. The number of carbonyl (C=O) groups is 13. The zero-order chi connectivity index (χ0) is 104. The molecule has 11 N–H and O–H groups in total. The maximum Gasteiger partial charge on any atom is 0.411 e. The van der Waals surface area contributed by atoms with Gasteiger partial charge in [-0.1, -0.05) is 135 Å². The van der Waals surface area contributed by atoms with Gasteiger partial charge in [-0.25, -0.2) is 28.8 Å². The van der Waals surface area contributed by atoms with Crippen molar-refractivity contribution in [1.29, 1.82) is 0 Å². The fourth-order valence-electron chi connectivity index (χ4n) is 15.0. The fourth-order valence-corrected chi connectivity index (χ4v) is 15.0. The van der Waals surface area contributed by atoms with Gasteiger partial charge in [-0.2, -0.15) is 0 Å². The van der Waals surface area contributed by atoms with Gasteiger partial charge in [-0.3, -0.25) is 44.2 Å². The van der Waals surface area contributed by atoms with Crippen LogP contribution >= 0.6 is 0 Å². The highest BCUT2D eigenvalue weighted by atomic mass is 16.6. The molecule has 2 heterocycles. The van der Waals surface area contributed by atoms with Crippen molar-refractivity contribution in [1.82, 2.24) is 41.7 Å². The van der Waals surface area contributed by atoms with Crippen molar-refractivity contribution in [3.8, 4) is 11.5 Å². The molecule has 143 heavy (non-hydrogen) atoms. The second kappa shape index (κ2) is 54.7. The third kappa shape index (κ3) is 36.4. The Labute approximate surface area is 833 Å². The predicted molar refractivity (Wildman–Crippen MR) is 542 cm³/mol. The first kappa shape index (κ1) is 111. The summed E-state index contributed by atoms with van der Waals surface area (Å²) < 4.78 is 47.9. The minimum atomic E-state index is -1.10. The first-order valence-electron chi connectivity index (χ1n) is 47.0. The molecule has 0 unspecified atom stereocenters. The number of ether oxygens (including phenoxy) is 9. The minimum absolute atomic E-state index is 0.0349. The molecule has 2 aliphatic rings. The number of alkyl carbamates (subject to hydrolysis) is 4. The monoisotopic (exact) mass is 1960 g/mol. The second-order valence-corrected chi connectivity index (χ2v) is 36.1. The number of esters is 1. The zero-order valence-corrected chi connectivity index (χ0v) is 83.1. The molecule has 0 radical (unpaired) electrons. The van der Waals surface area contributed by atoms with Crippen molar-refractivity contribution in [2.45, 2.75) is 201 Å². The van der Waals surface area contributed by atoms with E-state index in [1.807, 2.05) is 125 Å². The first-order chi connectivity index (χ1) is 68.3. The fraction of sp³-hybridized carbons (Fsp3) is 0.361. The third-order valence-corrected chi connectivity index (χ3v) is 22.6. The molecule has 0 bridgehead atoms. The molecular weight excluding hydrogens is 1830 g/mol. The van der Waals surface area contributed by atoms with Gasteiger partial charge in [0, 0.05) is 56.6 Å². The van der Waals surface area contributed by atoms with Crippen LogP contribution in [0.5, 0.6) is 11.5 Å². The normalized spacial score (nSPS) is 13.9. The standard InChI is InChI=1S/C55H66N6O12.C53H64N6O11/c1-9-27-70-53(67)60-48(30-38-15-11-10-12-16-38)50(64)58-46(17-13-14-26-56-52(66)73-55(5,6)7)49(63)57-42-22-18-39(19-23-42)33-72-54(68)59-47-29-36(3)35(2)28-45(47)51(65)61-32-41(31-43(61)34-71-37(4)62)40-20-24-44(69-8)25-21-40;1-8-26-68-51(65)58-46(29-36-14-10-9-11-15-36)48(62)56-44(16-12-13-25-54-50(64)70-53(4,5)6)47(61)55-40-21-17-37(18-22-40)33-69-52(66)57-45-28-35(3)34(2)27-43(45)49(63)59-31-39(30-41(59)32-60)38-19-23-42(67-7)24-20-38/h9-12,15-16,18-25,28-29,32,43,46,48H,1,13-14,17,26-27,30-31,33-34H2,2-8H3,(H,56,66)(H,57,63)(H,58,64)(H,59,68)(H,60,67);8-11,14-15,17-24,27-28,31,41,44,46,60H,1,12-13,16,25-26,29-30,32-33H2,2-7H3,(H,54,64)(H,55,61)(H,56,62)(H,57,66)(H,58,65)/t43-,46-,48-;41-,44-,46-/m00/s1. The molecule has 6 atom stereocenters.